The Balaban J connectivity index is 1.31. The second-order valence-corrected chi connectivity index (χ2v) is 9.98. The molecular formula is C25H34N4O4. The number of carbonyl (C=O) groups is 3. The molecule has 0 unspecified atom stereocenters. The number of carbonyl (C=O) groups excluding carboxylic acids is 3. The first-order valence-electron chi connectivity index (χ1n) is 12.3. The van der Waals surface area contributed by atoms with Gasteiger partial charge in [0.25, 0.3) is 5.91 Å². The predicted octanol–water partition coefficient (Wildman–Crippen LogP) is 1.44. The van der Waals surface area contributed by atoms with Crippen LogP contribution in [0.2, 0.25) is 0 Å². The van der Waals surface area contributed by atoms with Crippen LogP contribution in [0.1, 0.15) is 48.9 Å². The fourth-order valence-electron chi connectivity index (χ4n) is 5.82. The molecule has 3 heterocycles. The number of likely N-dealkylation sites (tertiary alicyclic amines) is 1. The Bertz CT molecular complexity index is 903. The van der Waals surface area contributed by atoms with Crippen LogP contribution in [0.15, 0.2) is 24.3 Å². The molecule has 8 nitrogen and oxygen atoms in total. The van der Waals surface area contributed by atoms with E-state index in [0.717, 1.165) is 51.1 Å². The third-order valence-electron chi connectivity index (χ3n) is 7.84. The average Bonchev–Trinajstić information content (AvgIpc) is 3.43. The zero-order valence-electron chi connectivity index (χ0n) is 19.4. The number of nitrogens with zero attached hydrogens (tertiary/aromatic N) is 3. The Morgan fingerprint density at radius 3 is 2.39 bits per heavy atom. The van der Waals surface area contributed by atoms with Crippen LogP contribution in [0.5, 0.6) is 0 Å². The number of amides is 2. The van der Waals surface area contributed by atoms with Gasteiger partial charge in [-0.15, -0.1) is 0 Å². The van der Waals surface area contributed by atoms with Crippen LogP contribution in [0.4, 0.5) is 5.69 Å². The number of ketones is 1. The van der Waals surface area contributed by atoms with E-state index in [4.69, 9.17) is 4.74 Å². The molecule has 1 aromatic rings. The van der Waals surface area contributed by atoms with Crippen molar-refractivity contribution < 1.29 is 19.1 Å². The molecule has 1 aromatic carbocycles. The molecule has 0 spiro atoms. The van der Waals surface area contributed by atoms with Gasteiger partial charge in [0.2, 0.25) is 5.91 Å². The van der Waals surface area contributed by atoms with Crippen molar-refractivity contribution in [3.63, 3.8) is 0 Å². The van der Waals surface area contributed by atoms with Gasteiger partial charge in [0.1, 0.15) is 18.2 Å². The highest BCUT2D eigenvalue weighted by molar-refractivity contribution is 6.01. The molecule has 5 rings (SSSR count). The fourth-order valence-corrected chi connectivity index (χ4v) is 5.82. The highest BCUT2D eigenvalue weighted by Gasteiger charge is 2.52. The van der Waals surface area contributed by atoms with Gasteiger partial charge in [0.15, 0.2) is 5.78 Å². The Morgan fingerprint density at radius 1 is 1.00 bits per heavy atom. The highest BCUT2D eigenvalue weighted by Crippen LogP contribution is 2.35. The van der Waals surface area contributed by atoms with Gasteiger partial charge in [-0.05, 0) is 50.6 Å². The molecule has 1 aliphatic carbocycles. The Hall–Kier alpha value is -2.45. The van der Waals surface area contributed by atoms with E-state index in [0.29, 0.717) is 31.4 Å². The smallest absolute Gasteiger partial charge is 0.252 e. The van der Waals surface area contributed by atoms with Gasteiger partial charge in [-0.25, -0.2) is 0 Å². The van der Waals surface area contributed by atoms with Crippen molar-refractivity contribution >= 4 is 23.3 Å². The largest absolute Gasteiger partial charge is 0.369 e. The summed E-state index contributed by atoms with van der Waals surface area (Å²) >= 11 is 0. The molecular weight excluding hydrogens is 420 g/mol. The van der Waals surface area contributed by atoms with Crippen molar-refractivity contribution in [1.29, 1.82) is 0 Å². The summed E-state index contributed by atoms with van der Waals surface area (Å²) < 4.78 is 5.57. The van der Waals surface area contributed by atoms with Crippen LogP contribution in [0.3, 0.4) is 0 Å². The van der Waals surface area contributed by atoms with Crippen molar-refractivity contribution in [2.24, 2.45) is 0 Å². The van der Waals surface area contributed by atoms with Crippen molar-refractivity contribution in [3.05, 3.63) is 29.8 Å². The van der Waals surface area contributed by atoms with Gasteiger partial charge in [0, 0.05) is 44.0 Å². The molecule has 2 atom stereocenters. The first kappa shape index (κ1) is 22.3. The Labute approximate surface area is 195 Å². The van der Waals surface area contributed by atoms with Crippen LogP contribution < -0.4 is 10.2 Å². The quantitative estimate of drug-likeness (QED) is 0.742. The van der Waals surface area contributed by atoms with E-state index in [1.807, 2.05) is 24.3 Å². The van der Waals surface area contributed by atoms with Crippen LogP contribution in [-0.4, -0.2) is 91.5 Å². The van der Waals surface area contributed by atoms with Crippen LogP contribution >= 0.6 is 0 Å². The molecule has 2 amide bonds. The molecule has 0 aromatic heterocycles. The average molecular weight is 455 g/mol. The molecule has 4 aliphatic rings. The molecule has 0 bridgehead atoms. The third kappa shape index (κ3) is 4.26. The number of rotatable bonds is 4. The molecule has 1 saturated carbocycles. The van der Waals surface area contributed by atoms with E-state index in [9.17, 15) is 14.4 Å². The lowest BCUT2D eigenvalue weighted by molar-refractivity contribution is -0.143. The minimum Gasteiger partial charge on any atom is -0.369 e. The molecule has 3 saturated heterocycles. The zero-order valence-corrected chi connectivity index (χ0v) is 19.4. The van der Waals surface area contributed by atoms with E-state index in [2.05, 4.69) is 22.2 Å². The second kappa shape index (κ2) is 9.06. The van der Waals surface area contributed by atoms with E-state index < -0.39 is 11.6 Å². The summed E-state index contributed by atoms with van der Waals surface area (Å²) in [5.74, 6) is -0.362. The van der Waals surface area contributed by atoms with Crippen molar-refractivity contribution in [2.45, 2.75) is 56.2 Å². The van der Waals surface area contributed by atoms with Crippen molar-refractivity contribution in [2.75, 3.05) is 51.3 Å². The molecule has 0 radical (unpaired) electrons. The maximum absolute atomic E-state index is 13.8. The first-order valence-corrected chi connectivity index (χ1v) is 12.3. The first-order chi connectivity index (χ1) is 16.0. The number of Topliss-reactive ketones (excluding diaryl/α,β-unsaturated/α-hetero) is 1. The topological polar surface area (TPSA) is 82.2 Å². The van der Waals surface area contributed by atoms with Crippen LogP contribution in [0.25, 0.3) is 0 Å². The summed E-state index contributed by atoms with van der Waals surface area (Å²) in [6.45, 7) is 4.59. The zero-order chi connectivity index (χ0) is 23.0. The molecule has 178 valence electrons. The minimum atomic E-state index is -0.941. The monoisotopic (exact) mass is 454 g/mol. The van der Waals surface area contributed by atoms with Crippen LogP contribution in [-0.2, 0) is 14.3 Å². The number of piperazine rings is 1. The normalized spacial score (nSPS) is 27.5. The molecule has 1 N–H and O–H groups in total. The number of hydrogen-bond donors (Lipinski definition) is 1. The Morgan fingerprint density at radius 2 is 1.70 bits per heavy atom. The summed E-state index contributed by atoms with van der Waals surface area (Å²) in [5.41, 5.74) is 0.736. The van der Waals surface area contributed by atoms with Gasteiger partial charge >= 0.3 is 0 Å². The lowest BCUT2D eigenvalue weighted by Crippen LogP contribution is -2.62. The summed E-state index contributed by atoms with van der Waals surface area (Å²) in [4.78, 5) is 45.7. The highest BCUT2D eigenvalue weighted by atomic mass is 16.5. The van der Waals surface area contributed by atoms with Crippen LogP contribution in [0, 0.1) is 0 Å². The SMILES string of the molecule is CN1CCN(c2ccc(C(=O)NC3(C(=O)N4CC[C@H]5OCC(=O)[C@H]54)CCCCC3)cc2)CC1. The van der Waals surface area contributed by atoms with Crippen molar-refractivity contribution in [3.8, 4) is 0 Å². The van der Waals surface area contributed by atoms with E-state index in [1.54, 1.807) is 4.90 Å². The molecule has 4 fully saturated rings. The number of likely N-dealkylation sites (N-methyl/N-ethyl adjacent to an activating group) is 1. The lowest BCUT2D eigenvalue weighted by Gasteiger charge is -2.40. The molecule has 3 aliphatic heterocycles. The summed E-state index contributed by atoms with van der Waals surface area (Å²) in [6, 6.07) is 7.20. The summed E-state index contributed by atoms with van der Waals surface area (Å²) in [6.07, 6.45) is 4.54. The minimum absolute atomic E-state index is 0.0253. The van der Waals surface area contributed by atoms with Gasteiger partial charge in [-0.1, -0.05) is 19.3 Å². The van der Waals surface area contributed by atoms with Gasteiger partial charge < -0.3 is 24.8 Å². The Kier molecular flexibility index (Phi) is 6.14. The third-order valence-corrected chi connectivity index (χ3v) is 7.84. The number of nitrogens with one attached hydrogen (secondary N) is 1. The number of ether oxygens (including phenoxy) is 1. The number of fused-ring (bicyclic) bond motifs is 1. The maximum atomic E-state index is 13.8. The van der Waals surface area contributed by atoms with E-state index in [1.165, 1.54) is 0 Å². The van der Waals surface area contributed by atoms with Gasteiger partial charge in [-0.3, -0.25) is 14.4 Å². The lowest BCUT2D eigenvalue weighted by atomic mass is 9.80. The van der Waals surface area contributed by atoms with E-state index >= 15 is 0 Å². The fraction of sp³-hybridized carbons (Fsp3) is 0.640. The van der Waals surface area contributed by atoms with E-state index in [-0.39, 0.29) is 30.3 Å². The molecule has 33 heavy (non-hydrogen) atoms. The van der Waals surface area contributed by atoms with Gasteiger partial charge in [0.05, 0.1) is 6.10 Å². The van der Waals surface area contributed by atoms with Crippen molar-refractivity contribution in [1.82, 2.24) is 15.1 Å². The predicted molar refractivity (Wildman–Crippen MR) is 124 cm³/mol. The maximum Gasteiger partial charge on any atom is 0.252 e. The standard InChI is InChI=1S/C25H34N4O4/c1-27-13-15-28(16-14-27)19-7-5-18(6-8-19)23(31)26-25(10-3-2-4-11-25)24(32)29-12-9-21-22(29)20(30)17-33-21/h5-8,21-22H,2-4,9-17H2,1H3,(H,26,31)/t21-,22-/m1/s1. The number of hydrogen-bond acceptors (Lipinski definition) is 6. The summed E-state index contributed by atoms with van der Waals surface area (Å²) in [7, 11) is 2.13. The number of anilines is 1. The van der Waals surface area contributed by atoms with Gasteiger partial charge in [-0.2, -0.15) is 0 Å². The molecule has 8 heteroatoms. The summed E-state index contributed by atoms with van der Waals surface area (Å²) in [5, 5.41) is 3.12. The number of benzene rings is 1. The second-order valence-electron chi connectivity index (χ2n) is 9.98.